The molecule has 0 N–H and O–H groups in total. The number of halogens is 1. The summed E-state index contributed by atoms with van der Waals surface area (Å²) in [6.45, 7) is 0.672. The molecule has 2 rings (SSSR count). The summed E-state index contributed by atoms with van der Waals surface area (Å²) in [6, 6.07) is 7.39. The van der Waals surface area contributed by atoms with Crippen LogP contribution in [0, 0.1) is 0 Å². The second-order valence-corrected chi connectivity index (χ2v) is 5.62. The van der Waals surface area contributed by atoms with Gasteiger partial charge in [-0.25, -0.2) is 4.98 Å². The summed E-state index contributed by atoms with van der Waals surface area (Å²) in [7, 11) is 0. The van der Waals surface area contributed by atoms with Gasteiger partial charge >= 0.3 is 0 Å². The summed E-state index contributed by atoms with van der Waals surface area (Å²) in [5.41, 5.74) is 0. The molecule has 0 radical (unpaired) electrons. The largest absolute Gasteiger partial charge is 0.493 e. The van der Waals surface area contributed by atoms with Gasteiger partial charge in [-0.05, 0) is 24.3 Å². The minimum Gasteiger partial charge on any atom is -0.493 e. The molecule has 0 fully saturated rings. The van der Waals surface area contributed by atoms with Gasteiger partial charge in [0, 0.05) is 22.4 Å². The Kier molecular flexibility index (Phi) is 4.51. The molecule has 0 atom stereocenters. The summed E-state index contributed by atoms with van der Waals surface area (Å²) in [5, 5.41) is 2.70. The normalized spacial score (nSPS) is 10.3. The van der Waals surface area contributed by atoms with Gasteiger partial charge in [0.25, 0.3) is 0 Å². The quantitative estimate of drug-likeness (QED) is 0.607. The van der Waals surface area contributed by atoms with E-state index in [-0.39, 0.29) is 0 Å². The van der Waals surface area contributed by atoms with Gasteiger partial charge in [0.1, 0.15) is 10.1 Å². The predicted octanol–water partition coefficient (Wildman–Crippen LogP) is 3.97. The molecule has 1 aromatic carbocycles. The molecule has 2 aromatic rings. The van der Waals surface area contributed by atoms with Crippen molar-refractivity contribution in [2.75, 3.05) is 12.4 Å². The molecule has 0 aliphatic carbocycles. The van der Waals surface area contributed by atoms with Crippen LogP contribution in [0.3, 0.4) is 0 Å². The van der Waals surface area contributed by atoms with Crippen LogP contribution in [0.4, 0.5) is 0 Å². The Hall–Kier alpha value is -0.710. The Labute approximate surface area is 108 Å². The Bertz CT molecular complexity index is 416. The lowest BCUT2D eigenvalue weighted by molar-refractivity contribution is 0.344. The molecule has 0 spiro atoms. The van der Waals surface area contributed by atoms with Gasteiger partial charge < -0.3 is 4.74 Å². The monoisotopic (exact) mass is 271 g/mol. The van der Waals surface area contributed by atoms with E-state index < -0.39 is 0 Å². The fraction of sp³-hybridized carbons (Fsp3) is 0.182. The number of ether oxygens (including phenoxy) is 1. The van der Waals surface area contributed by atoms with E-state index in [1.807, 2.05) is 35.8 Å². The first kappa shape index (κ1) is 11.8. The molecule has 16 heavy (non-hydrogen) atoms. The molecule has 1 heterocycles. The van der Waals surface area contributed by atoms with Gasteiger partial charge in [-0.2, -0.15) is 0 Å². The zero-order valence-electron chi connectivity index (χ0n) is 8.43. The topological polar surface area (TPSA) is 22.1 Å². The maximum atomic E-state index is 5.77. The lowest BCUT2D eigenvalue weighted by Crippen LogP contribution is -1.99. The van der Waals surface area contributed by atoms with Gasteiger partial charge in [0.15, 0.2) is 0 Å². The zero-order chi connectivity index (χ0) is 11.2. The third-order valence-corrected chi connectivity index (χ3v) is 3.98. The van der Waals surface area contributed by atoms with Crippen LogP contribution in [0.5, 0.6) is 5.75 Å². The first-order valence-corrected chi connectivity index (χ1v) is 6.99. The van der Waals surface area contributed by atoms with Gasteiger partial charge in [0.05, 0.1) is 6.61 Å². The van der Waals surface area contributed by atoms with Crippen molar-refractivity contribution in [3.63, 3.8) is 0 Å². The van der Waals surface area contributed by atoms with Crippen molar-refractivity contribution in [3.8, 4) is 5.75 Å². The van der Waals surface area contributed by atoms with Crippen molar-refractivity contribution >= 4 is 34.7 Å². The van der Waals surface area contributed by atoms with Crippen LogP contribution in [-0.4, -0.2) is 17.3 Å². The standard InChI is InChI=1S/C11H10ClNOS2/c12-9-1-3-10(4-2-9)14-6-8-16-11-13-5-7-15-11/h1-5,7H,6,8H2. The van der Waals surface area contributed by atoms with Crippen LogP contribution in [-0.2, 0) is 0 Å². The molecule has 0 unspecified atom stereocenters. The fourth-order valence-corrected chi connectivity index (χ4v) is 2.75. The van der Waals surface area contributed by atoms with Crippen LogP contribution in [0.25, 0.3) is 0 Å². The van der Waals surface area contributed by atoms with E-state index in [9.17, 15) is 0 Å². The molecular weight excluding hydrogens is 262 g/mol. The third kappa shape index (κ3) is 3.70. The van der Waals surface area contributed by atoms with Crippen LogP contribution in [0.1, 0.15) is 0 Å². The first-order chi connectivity index (χ1) is 7.84. The molecular formula is C11H10ClNOS2. The Morgan fingerprint density at radius 2 is 2.12 bits per heavy atom. The van der Waals surface area contributed by atoms with Crippen LogP contribution in [0.2, 0.25) is 5.02 Å². The second-order valence-electron chi connectivity index (χ2n) is 2.95. The molecule has 2 nitrogen and oxygen atoms in total. The number of hydrogen-bond donors (Lipinski definition) is 0. The number of benzene rings is 1. The van der Waals surface area contributed by atoms with E-state index in [4.69, 9.17) is 16.3 Å². The highest BCUT2D eigenvalue weighted by Crippen LogP contribution is 2.20. The number of thioether (sulfide) groups is 1. The van der Waals surface area contributed by atoms with E-state index in [0.29, 0.717) is 6.61 Å². The second kappa shape index (κ2) is 6.13. The van der Waals surface area contributed by atoms with Gasteiger partial charge in [-0.3, -0.25) is 0 Å². The van der Waals surface area contributed by atoms with E-state index in [0.717, 1.165) is 20.9 Å². The maximum Gasteiger partial charge on any atom is 0.149 e. The van der Waals surface area contributed by atoms with E-state index in [1.165, 1.54) is 0 Å². The summed E-state index contributed by atoms with van der Waals surface area (Å²) in [5.74, 6) is 1.75. The number of rotatable bonds is 5. The highest BCUT2D eigenvalue weighted by Gasteiger charge is 1.97. The molecule has 84 valence electrons. The summed E-state index contributed by atoms with van der Waals surface area (Å²) < 4.78 is 6.64. The molecule has 5 heteroatoms. The number of nitrogens with zero attached hydrogens (tertiary/aromatic N) is 1. The Morgan fingerprint density at radius 1 is 1.31 bits per heavy atom. The molecule has 0 bridgehead atoms. The number of hydrogen-bond acceptors (Lipinski definition) is 4. The SMILES string of the molecule is Clc1ccc(OCCSc2nccs2)cc1. The molecule has 0 aliphatic rings. The average Bonchev–Trinajstić information content (AvgIpc) is 2.80. The van der Waals surface area contributed by atoms with E-state index >= 15 is 0 Å². The molecule has 0 saturated carbocycles. The van der Waals surface area contributed by atoms with Crippen molar-refractivity contribution in [3.05, 3.63) is 40.9 Å². The number of thiazole rings is 1. The minimum absolute atomic E-state index is 0.672. The van der Waals surface area contributed by atoms with Crippen molar-refractivity contribution in [2.45, 2.75) is 4.34 Å². The molecule has 0 aliphatic heterocycles. The summed E-state index contributed by atoms with van der Waals surface area (Å²) in [4.78, 5) is 4.18. The zero-order valence-corrected chi connectivity index (χ0v) is 10.8. The highest BCUT2D eigenvalue weighted by atomic mass is 35.5. The number of aromatic nitrogens is 1. The summed E-state index contributed by atoms with van der Waals surface area (Å²) in [6.07, 6.45) is 1.81. The molecule has 1 aromatic heterocycles. The fourth-order valence-electron chi connectivity index (χ4n) is 1.10. The average molecular weight is 272 g/mol. The van der Waals surface area contributed by atoms with Gasteiger partial charge in [-0.15, -0.1) is 11.3 Å². The van der Waals surface area contributed by atoms with Crippen LogP contribution < -0.4 is 4.74 Å². The minimum atomic E-state index is 0.672. The van der Waals surface area contributed by atoms with Crippen molar-refractivity contribution in [2.24, 2.45) is 0 Å². The highest BCUT2D eigenvalue weighted by molar-refractivity contribution is 8.01. The third-order valence-electron chi connectivity index (χ3n) is 1.80. The van der Waals surface area contributed by atoms with E-state index in [2.05, 4.69) is 4.98 Å². The summed E-state index contributed by atoms with van der Waals surface area (Å²) >= 11 is 9.13. The van der Waals surface area contributed by atoms with E-state index in [1.54, 1.807) is 23.1 Å². The van der Waals surface area contributed by atoms with Gasteiger partial charge in [0.2, 0.25) is 0 Å². The maximum absolute atomic E-state index is 5.77. The molecule has 0 saturated heterocycles. The van der Waals surface area contributed by atoms with Crippen LogP contribution in [0.15, 0.2) is 40.2 Å². The van der Waals surface area contributed by atoms with Crippen molar-refractivity contribution in [1.29, 1.82) is 0 Å². The first-order valence-electron chi connectivity index (χ1n) is 4.75. The Balaban J connectivity index is 1.70. The van der Waals surface area contributed by atoms with Gasteiger partial charge in [-0.1, -0.05) is 23.4 Å². The van der Waals surface area contributed by atoms with Crippen LogP contribution >= 0.6 is 34.7 Å². The smallest absolute Gasteiger partial charge is 0.149 e. The predicted molar refractivity (Wildman–Crippen MR) is 69.8 cm³/mol. The Morgan fingerprint density at radius 3 is 2.81 bits per heavy atom. The lowest BCUT2D eigenvalue weighted by atomic mass is 10.3. The van der Waals surface area contributed by atoms with Crippen molar-refractivity contribution < 1.29 is 4.74 Å². The molecule has 0 amide bonds. The van der Waals surface area contributed by atoms with Crippen molar-refractivity contribution in [1.82, 2.24) is 4.98 Å². The lowest BCUT2D eigenvalue weighted by Gasteiger charge is -2.04.